The van der Waals surface area contributed by atoms with Crippen molar-refractivity contribution < 1.29 is 9.90 Å². The Morgan fingerprint density at radius 2 is 2.04 bits per heavy atom. The highest BCUT2D eigenvalue weighted by atomic mass is 35.5. The molecule has 1 amide bonds. The smallest absolute Gasteiger partial charge is 0.229 e. The van der Waals surface area contributed by atoms with Gasteiger partial charge < -0.3 is 9.67 Å². The van der Waals surface area contributed by atoms with E-state index in [1.54, 1.807) is 13.0 Å². The zero-order chi connectivity index (χ0) is 19.0. The fourth-order valence-corrected chi connectivity index (χ4v) is 3.72. The van der Waals surface area contributed by atoms with E-state index in [0.29, 0.717) is 22.6 Å². The van der Waals surface area contributed by atoms with Crippen LogP contribution in [0.5, 0.6) is 0 Å². The predicted octanol–water partition coefficient (Wildman–Crippen LogP) is 4.65. The molecule has 140 valence electrons. The molecule has 1 aliphatic carbocycles. The number of aliphatic hydroxyl groups is 1. The second kappa shape index (κ2) is 6.98. The molecule has 4 rings (SSSR count). The molecule has 6 heteroatoms. The summed E-state index contributed by atoms with van der Waals surface area (Å²) in [6, 6.07) is 15.1. The Labute approximate surface area is 163 Å². The van der Waals surface area contributed by atoms with Crippen molar-refractivity contribution in [1.29, 1.82) is 0 Å². The highest BCUT2D eigenvalue weighted by Crippen LogP contribution is 2.38. The summed E-state index contributed by atoms with van der Waals surface area (Å²) in [6.07, 6.45) is 3.23. The number of hydrogen-bond donors (Lipinski definition) is 2. The molecule has 1 aliphatic rings. The third kappa shape index (κ3) is 3.57. The summed E-state index contributed by atoms with van der Waals surface area (Å²) in [5.41, 5.74) is 1.19. The van der Waals surface area contributed by atoms with E-state index in [9.17, 15) is 9.90 Å². The van der Waals surface area contributed by atoms with Gasteiger partial charge in [-0.3, -0.25) is 10.1 Å². The van der Waals surface area contributed by atoms with Crippen LogP contribution in [-0.4, -0.2) is 20.6 Å². The van der Waals surface area contributed by atoms with Crippen molar-refractivity contribution in [3.63, 3.8) is 0 Å². The first-order chi connectivity index (χ1) is 12.9. The number of aromatic nitrogens is 2. The molecule has 5 nitrogen and oxygen atoms in total. The lowest BCUT2D eigenvalue weighted by atomic mass is 9.92. The van der Waals surface area contributed by atoms with Gasteiger partial charge in [0.15, 0.2) is 0 Å². The summed E-state index contributed by atoms with van der Waals surface area (Å²) in [7, 11) is 0. The van der Waals surface area contributed by atoms with Gasteiger partial charge in [-0.1, -0.05) is 41.9 Å². The number of hydrogen-bond acceptors (Lipinski definition) is 3. The van der Waals surface area contributed by atoms with E-state index in [4.69, 9.17) is 11.6 Å². The molecule has 1 fully saturated rings. The molecule has 27 heavy (non-hydrogen) atoms. The Balaban J connectivity index is 1.60. The third-order valence-corrected chi connectivity index (χ3v) is 5.48. The largest absolute Gasteiger partial charge is 0.385 e. The quantitative estimate of drug-likeness (QED) is 0.673. The maximum atomic E-state index is 12.7. The van der Waals surface area contributed by atoms with Crippen molar-refractivity contribution in [1.82, 2.24) is 9.55 Å². The first kappa shape index (κ1) is 18.0. The van der Waals surface area contributed by atoms with Crippen LogP contribution in [0.3, 0.4) is 0 Å². The van der Waals surface area contributed by atoms with Crippen LogP contribution in [0.1, 0.15) is 44.2 Å². The van der Waals surface area contributed by atoms with Crippen molar-refractivity contribution in [2.75, 3.05) is 5.32 Å². The Morgan fingerprint density at radius 3 is 2.70 bits per heavy atom. The molecule has 1 heterocycles. The van der Waals surface area contributed by atoms with Crippen LogP contribution >= 0.6 is 11.6 Å². The molecule has 0 aliphatic heterocycles. The number of nitrogens with zero attached hydrogens (tertiary/aromatic N) is 2. The third-order valence-electron chi connectivity index (χ3n) is 5.24. The Bertz CT molecular complexity index is 978. The van der Waals surface area contributed by atoms with E-state index in [0.717, 1.165) is 23.9 Å². The SMILES string of the molecule is C[C@](O)(CC(=O)Nc1nc2ccc(Cl)cc2n1C1CCC1)c1ccccc1. The maximum absolute atomic E-state index is 12.7. The number of amides is 1. The number of halogens is 1. The number of carbonyl (C=O) groups is 1. The van der Waals surface area contributed by atoms with E-state index in [1.165, 1.54) is 6.42 Å². The van der Waals surface area contributed by atoms with Gasteiger partial charge in [-0.2, -0.15) is 0 Å². The highest BCUT2D eigenvalue weighted by Gasteiger charge is 2.29. The summed E-state index contributed by atoms with van der Waals surface area (Å²) in [6.45, 7) is 1.65. The summed E-state index contributed by atoms with van der Waals surface area (Å²) < 4.78 is 2.07. The van der Waals surface area contributed by atoms with Crippen LogP contribution in [0.25, 0.3) is 11.0 Å². The molecule has 0 unspecified atom stereocenters. The van der Waals surface area contributed by atoms with Crippen molar-refractivity contribution in [3.8, 4) is 0 Å². The van der Waals surface area contributed by atoms with Crippen molar-refractivity contribution in [2.45, 2.75) is 44.2 Å². The van der Waals surface area contributed by atoms with E-state index in [1.807, 2.05) is 42.5 Å². The van der Waals surface area contributed by atoms with Crippen LogP contribution in [0.4, 0.5) is 5.95 Å². The zero-order valence-corrected chi connectivity index (χ0v) is 15.9. The number of nitrogens with one attached hydrogen (secondary N) is 1. The predicted molar refractivity (Wildman–Crippen MR) is 107 cm³/mol. The van der Waals surface area contributed by atoms with Gasteiger partial charge in [0.25, 0.3) is 0 Å². The van der Waals surface area contributed by atoms with Gasteiger partial charge >= 0.3 is 0 Å². The minimum Gasteiger partial charge on any atom is -0.385 e. The fraction of sp³-hybridized carbons (Fsp3) is 0.333. The molecule has 0 spiro atoms. The molecule has 1 aromatic heterocycles. The number of carbonyl (C=O) groups excluding carboxylic acids is 1. The standard InChI is InChI=1S/C21H22ClN3O2/c1-21(27,14-6-3-2-4-7-14)13-19(26)24-20-23-17-11-10-15(22)12-18(17)25(20)16-8-5-9-16/h2-4,6-7,10-12,16,27H,5,8-9,13H2,1H3,(H,23,24,26)/t21-/m0/s1. The number of fused-ring (bicyclic) bond motifs is 1. The molecule has 0 saturated heterocycles. The van der Waals surface area contributed by atoms with Crippen LogP contribution < -0.4 is 5.32 Å². The van der Waals surface area contributed by atoms with Crippen LogP contribution in [0, 0.1) is 0 Å². The molecule has 0 bridgehead atoms. The zero-order valence-electron chi connectivity index (χ0n) is 15.2. The Morgan fingerprint density at radius 1 is 1.30 bits per heavy atom. The van der Waals surface area contributed by atoms with E-state index < -0.39 is 5.60 Å². The second-order valence-electron chi connectivity index (χ2n) is 7.39. The van der Waals surface area contributed by atoms with Gasteiger partial charge in [0, 0.05) is 11.1 Å². The summed E-state index contributed by atoms with van der Waals surface area (Å²) in [5, 5.41) is 14.3. The lowest BCUT2D eigenvalue weighted by Gasteiger charge is -2.29. The number of anilines is 1. The van der Waals surface area contributed by atoms with Gasteiger partial charge in [-0.15, -0.1) is 0 Å². The van der Waals surface area contributed by atoms with Crippen molar-refractivity contribution in [3.05, 3.63) is 59.1 Å². The van der Waals surface area contributed by atoms with Crippen molar-refractivity contribution >= 4 is 34.5 Å². The van der Waals surface area contributed by atoms with Gasteiger partial charge in [0.1, 0.15) is 0 Å². The summed E-state index contributed by atoms with van der Waals surface area (Å²) >= 11 is 6.16. The van der Waals surface area contributed by atoms with Crippen LogP contribution in [-0.2, 0) is 10.4 Å². The van der Waals surface area contributed by atoms with Gasteiger partial charge in [-0.05, 0) is 49.9 Å². The average molecular weight is 384 g/mol. The molecular formula is C21H22ClN3O2. The van der Waals surface area contributed by atoms with Gasteiger partial charge in [-0.25, -0.2) is 4.98 Å². The molecular weight excluding hydrogens is 362 g/mol. The number of rotatable bonds is 5. The minimum absolute atomic E-state index is 0.0500. The first-order valence-corrected chi connectivity index (χ1v) is 9.57. The second-order valence-corrected chi connectivity index (χ2v) is 7.82. The summed E-state index contributed by atoms with van der Waals surface area (Å²) in [4.78, 5) is 17.3. The highest BCUT2D eigenvalue weighted by molar-refractivity contribution is 6.31. The van der Waals surface area contributed by atoms with Crippen LogP contribution in [0.15, 0.2) is 48.5 Å². The van der Waals surface area contributed by atoms with E-state index >= 15 is 0 Å². The first-order valence-electron chi connectivity index (χ1n) is 9.19. The van der Waals surface area contributed by atoms with Crippen molar-refractivity contribution in [2.24, 2.45) is 0 Å². The lowest BCUT2D eigenvalue weighted by molar-refractivity contribution is -0.120. The normalized spacial score (nSPS) is 16.7. The monoisotopic (exact) mass is 383 g/mol. The maximum Gasteiger partial charge on any atom is 0.229 e. The minimum atomic E-state index is -1.25. The van der Waals surface area contributed by atoms with Gasteiger partial charge in [0.2, 0.25) is 11.9 Å². The molecule has 1 saturated carbocycles. The van der Waals surface area contributed by atoms with Crippen LogP contribution in [0.2, 0.25) is 5.02 Å². The van der Waals surface area contributed by atoms with Gasteiger partial charge in [0.05, 0.1) is 23.1 Å². The summed E-state index contributed by atoms with van der Waals surface area (Å²) in [5.74, 6) is 0.247. The van der Waals surface area contributed by atoms with E-state index in [2.05, 4.69) is 14.9 Å². The molecule has 2 N–H and O–H groups in total. The van der Waals surface area contributed by atoms with E-state index in [-0.39, 0.29) is 12.3 Å². The fourth-order valence-electron chi connectivity index (χ4n) is 3.55. The Hall–Kier alpha value is -2.37. The average Bonchev–Trinajstić information content (AvgIpc) is 2.91. The number of benzene rings is 2. The molecule has 1 atom stereocenters. The number of imidazole rings is 1. The lowest BCUT2D eigenvalue weighted by Crippen LogP contribution is -2.30. The molecule has 0 radical (unpaired) electrons. The topological polar surface area (TPSA) is 67.2 Å². The molecule has 3 aromatic rings. The molecule has 2 aromatic carbocycles. The Kier molecular flexibility index (Phi) is 4.66.